The van der Waals surface area contributed by atoms with Crippen LogP contribution < -0.4 is 5.32 Å². The van der Waals surface area contributed by atoms with Gasteiger partial charge in [-0.05, 0) is 78.5 Å². The molecular formula is C42H50N2O8. The smallest absolute Gasteiger partial charge is 0.327 e. The van der Waals surface area contributed by atoms with Crippen LogP contribution in [-0.2, 0) is 52.8 Å². The molecule has 0 aromatic heterocycles. The Labute approximate surface area is 305 Å². The van der Waals surface area contributed by atoms with Crippen molar-refractivity contribution in [3.8, 4) is 0 Å². The number of carbonyl (C=O) groups is 2. The molecule has 10 heteroatoms. The summed E-state index contributed by atoms with van der Waals surface area (Å²) >= 11 is 0. The topological polar surface area (TPSA) is 119 Å². The van der Waals surface area contributed by atoms with Crippen molar-refractivity contribution in [1.82, 2.24) is 10.4 Å². The number of ether oxygens (including phenoxy) is 4. The molecule has 52 heavy (non-hydrogen) atoms. The maximum Gasteiger partial charge on any atom is 0.327 e. The predicted molar refractivity (Wildman–Crippen MR) is 189 cm³/mol. The first-order chi connectivity index (χ1) is 25.0. The molecule has 3 saturated carbocycles. The summed E-state index contributed by atoms with van der Waals surface area (Å²) in [5, 5.41) is 14.1. The first kappa shape index (κ1) is 33.4. The maximum absolute atomic E-state index is 14.2. The van der Waals surface area contributed by atoms with Gasteiger partial charge in [-0.25, -0.2) is 0 Å². The molecule has 276 valence electrons. The fourth-order valence-electron chi connectivity index (χ4n) is 11.4. The van der Waals surface area contributed by atoms with Crippen molar-refractivity contribution in [3.05, 3.63) is 76.4 Å². The number of amides is 1. The van der Waals surface area contributed by atoms with Crippen LogP contribution in [0.1, 0.15) is 81.5 Å². The zero-order valence-corrected chi connectivity index (χ0v) is 30.3. The minimum atomic E-state index is -1.26. The van der Waals surface area contributed by atoms with E-state index in [1.165, 1.54) is 35.1 Å². The van der Waals surface area contributed by atoms with Crippen LogP contribution in [0.15, 0.2) is 54.1 Å². The molecule has 4 aliphatic carbocycles. The molecule has 4 aliphatic heterocycles. The molecular weight excluding hydrogens is 660 g/mol. The number of epoxide rings is 1. The Kier molecular flexibility index (Phi) is 7.52. The second-order valence-electron chi connectivity index (χ2n) is 17.8. The van der Waals surface area contributed by atoms with Gasteiger partial charge in [0.25, 0.3) is 0 Å². The number of allylic oxidation sites excluding steroid dienone is 1. The highest BCUT2D eigenvalue weighted by molar-refractivity contribution is 5.93. The molecule has 10 rings (SSSR count). The SMILES string of the molecule is CC1(C)C[C@@H]2C(=Cc3ccc(CN4O[C@@H]5[C@H]6OC7(Cc8ccccc8C7)O[C@H]6[C@@H]6C[C@]5(C(=O)NCCO)[C@@H]4C(=O)O6)cc3)CCC3O[C@]3(C)CC[C@H]21. The van der Waals surface area contributed by atoms with Crippen LogP contribution in [0.3, 0.4) is 0 Å². The summed E-state index contributed by atoms with van der Waals surface area (Å²) < 4.78 is 25.8. The van der Waals surface area contributed by atoms with Crippen molar-refractivity contribution in [1.29, 1.82) is 0 Å². The molecule has 4 heterocycles. The van der Waals surface area contributed by atoms with E-state index in [1.54, 1.807) is 5.06 Å². The zero-order chi connectivity index (χ0) is 35.6. The first-order valence-electron chi connectivity index (χ1n) is 19.4. The van der Waals surface area contributed by atoms with Crippen LogP contribution in [-0.4, -0.2) is 83.1 Å². The van der Waals surface area contributed by atoms with Gasteiger partial charge in [-0.15, -0.1) is 0 Å². The molecule has 2 aromatic carbocycles. The predicted octanol–water partition coefficient (Wildman–Crippen LogP) is 4.65. The Bertz CT molecular complexity index is 1800. The second kappa shape index (κ2) is 11.7. The number of aliphatic hydroxyl groups is 1. The lowest BCUT2D eigenvalue weighted by molar-refractivity contribution is -0.217. The van der Waals surface area contributed by atoms with Crippen LogP contribution in [0.2, 0.25) is 0 Å². The molecule has 1 spiro atoms. The number of hydrogen-bond acceptors (Lipinski definition) is 9. The average molecular weight is 711 g/mol. The van der Waals surface area contributed by atoms with Crippen LogP contribution in [0.25, 0.3) is 6.08 Å². The Morgan fingerprint density at radius 3 is 2.46 bits per heavy atom. The van der Waals surface area contributed by atoms with E-state index in [1.807, 2.05) is 12.1 Å². The molecule has 10 nitrogen and oxygen atoms in total. The number of fused-ring (bicyclic) bond motifs is 7. The molecule has 4 saturated heterocycles. The Balaban J connectivity index is 0.917. The van der Waals surface area contributed by atoms with Gasteiger partial charge in [-0.3, -0.25) is 14.4 Å². The molecule has 2 bridgehead atoms. The van der Waals surface area contributed by atoms with Gasteiger partial charge in [0.1, 0.15) is 29.8 Å². The highest BCUT2D eigenvalue weighted by Gasteiger charge is 2.76. The van der Waals surface area contributed by atoms with Crippen LogP contribution in [0.5, 0.6) is 0 Å². The van der Waals surface area contributed by atoms with E-state index < -0.39 is 47.6 Å². The molecule has 10 atom stereocenters. The summed E-state index contributed by atoms with van der Waals surface area (Å²) in [6.07, 6.45) is 7.33. The minimum absolute atomic E-state index is 0.0633. The third-order valence-electron chi connectivity index (χ3n) is 14.2. The number of aliphatic hydroxyl groups excluding tert-OH is 1. The second-order valence-corrected chi connectivity index (χ2v) is 17.8. The lowest BCUT2D eigenvalue weighted by atomic mass is 9.52. The maximum atomic E-state index is 14.2. The van der Waals surface area contributed by atoms with E-state index in [2.05, 4.69) is 68.6 Å². The molecule has 0 radical (unpaired) electrons. The summed E-state index contributed by atoms with van der Waals surface area (Å²) in [4.78, 5) is 34.8. The van der Waals surface area contributed by atoms with Crippen LogP contribution >= 0.6 is 0 Å². The van der Waals surface area contributed by atoms with Gasteiger partial charge in [0, 0.05) is 25.8 Å². The molecule has 2 N–H and O–H groups in total. The van der Waals surface area contributed by atoms with Gasteiger partial charge >= 0.3 is 5.97 Å². The lowest BCUT2D eigenvalue weighted by Gasteiger charge is -2.53. The van der Waals surface area contributed by atoms with Crippen LogP contribution in [0.4, 0.5) is 0 Å². The highest BCUT2D eigenvalue weighted by Crippen LogP contribution is 2.61. The molecule has 1 unspecified atom stereocenters. The van der Waals surface area contributed by atoms with Crippen molar-refractivity contribution >= 4 is 18.0 Å². The monoisotopic (exact) mass is 710 g/mol. The zero-order valence-electron chi connectivity index (χ0n) is 30.3. The van der Waals surface area contributed by atoms with E-state index in [0.29, 0.717) is 36.2 Å². The van der Waals surface area contributed by atoms with Crippen molar-refractivity contribution < 1.29 is 38.5 Å². The van der Waals surface area contributed by atoms with Gasteiger partial charge in [0.2, 0.25) is 5.91 Å². The van der Waals surface area contributed by atoms with Gasteiger partial charge in [0.15, 0.2) is 11.8 Å². The van der Waals surface area contributed by atoms with Crippen molar-refractivity contribution in [2.45, 2.75) is 127 Å². The quantitative estimate of drug-likeness (QED) is 0.326. The lowest BCUT2D eigenvalue weighted by Crippen LogP contribution is -2.69. The Morgan fingerprint density at radius 1 is 0.981 bits per heavy atom. The fourth-order valence-corrected chi connectivity index (χ4v) is 11.4. The summed E-state index contributed by atoms with van der Waals surface area (Å²) in [6, 6.07) is 15.7. The minimum Gasteiger partial charge on any atom is -0.458 e. The number of hydrogen-bond donors (Lipinski definition) is 2. The number of carbonyl (C=O) groups excluding carboxylic acids is 2. The highest BCUT2D eigenvalue weighted by atomic mass is 16.8. The summed E-state index contributed by atoms with van der Waals surface area (Å²) in [7, 11) is 0. The van der Waals surface area contributed by atoms with Crippen molar-refractivity contribution in [2.24, 2.45) is 22.7 Å². The van der Waals surface area contributed by atoms with Gasteiger partial charge in [-0.2, -0.15) is 5.06 Å². The number of rotatable bonds is 6. The van der Waals surface area contributed by atoms with Gasteiger partial charge in [0.05, 0.1) is 24.9 Å². The van der Waals surface area contributed by atoms with Crippen molar-refractivity contribution in [3.63, 3.8) is 0 Å². The Hall–Kier alpha value is -3.12. The van der Waals surface area contributed by atoms with E-state index in [4.69, 9.17) is 23.8 Å². The van der Waals surface area contributed by atoms with E-state index in [-0.39, 0.29) is 37.6 Å². The third kappa shape index (κ3) is 5.04. The van der Waals surface area contributed by atoms with E-state index in [0.717, 1.165) is 24.8 Å². The number of nitrogens with zero attached hydrogens (tertiary/aromatic N) is 1. The summed E-state index contributed by atoms with van der Waals surface area (Å²) in [6.45, 7) is 7.29. The van der Waals surface area contributed by atoms with Gasteiger partial charge < -0.3 is 29.4 Å². The molecule has 8 aliphatic rings. The molecule has 1 amide bonds. The average Bonchev–Trinajstić information content (AvgIpc) is 3.41. The molecule has 7 fully saturated rings. The number of esters is 1. The third-order valence-corrected chi connectivity index (χ3v) is 14.2. The van der Waals surface area contributed by atoms with Crippen molar-refractivity contribution in [2.75, 3.05) is 13.2 Å². The normalized spacial score (nSPS) is 41.1. The molecule has 2 aromatic rings. The largest absolute Gasteiger partial charge is 0.458 e. The number of benzene rings is 2. The van der Waals surface area contributed by atoms with Crippen LogP contribution in [0, 0.1) is 22.7 Å². The van der Waals surface area contributed by atoms with E-state index >= 15 is 0 Å². The Morgan fingerprint density at radius 2 is 1.73 bits per heavy atom. The first-order valence-corrected chi connectivity index (χ1v) is 19.4. The summed E-state index contributed by atoms with van der Waals surface area (Å²) in [5.41, 5.74) is 5.17. The fraction of sp³-hybridized carbons (Fsp3) is 0.619. The number of nitrogens with one attached hydrogen (secondary N) is 1. The number of hydroxylamine groups is 2. The van der Waals surface area contributed by atoms with Gasteiger partial charge in [-0.1, -0.05) is 74.0 Å². The standard InChI is InChI=1S/C42H50N2O8/c1-39(2)21-29-26(12-13-32-40(3,49-32)15-14-30(29)39)18-24-8-10-25(11-9-24)23-44-35-37(46)48-31-22-42(35,38(47)43-16-17-45)36(52-44)34-33(31)50-41(51-34)19-27-6-4-5-7-28(27)20-41/h4-11,18,29-36,45H,12-17,19-23H2,1-3H3,(H,43,47)/t29-,30-,31+,32?,33+,34+,35+,36-,40-,42+/m1/s1. The van der Waals surface area contributed by atoms with E-state index in [9.17, 15) is 14.7 Å². The summed E-state index contributed by atoms with van der Waals surface area (Å²) in [5.74, 6) is -0.429.